The smallest absolute Gasteiger partial charge is 0.323 e. The maximum atomic E-state index is 12.6. The molecule has 2 aromatic carbocycles. The van der Waals surface area contributed by atoms with Gasteiger partial charge in [0.1, 0.15) is 38.1 Å². The van der Waals surface area contributed by atoms with Crippen LogP contribution in [0, 0.1) is 0 Å². The molecule has 1 N–H and O–H groups in total. The summed E-state index contributed by atoms with van der Waals surface area (Å²) in [4.78, 5) is 21.6. The average molecular weight is 594 g/mol. The molecule has 0 radical (unpaired) electrons. The Bertz CT molecular complexity index is 1370. The van der Waals surface area contributed by atoms with E-state index < -0.39 is 23.8 Å². The van der Waals surface area contributed by atoms with E-state index >= 15 is 0 Å². The molecule has 11 heteroatoms. The largest absolute Gasteiger partial charge is 0.473 e. The van der Waals surface area contributed by atoms with Crippen molar-refractivity contribution in [2.24, 2.45) is 0 Å². The zero-order chi connectivity index (χ0) is 30.5. The van der Waals surface area contributed by atoms with Crippen LogP contribution in [0.4, 0.5) is 5.69 Å². The Labute approximate surface area is 251 Å². The van der Waals surface area contributed by atoms with E-state index in [9.17, 15) is 4.79 Å². The number of carbonyl (C=O) groups is 1. The summed E-state index contributed by atoms with van der Waals surface area (Å²) < 4.78 is 42.6. The summed E-state index contributed by atoms with van der Waals surface area (Å²) in [5.74, 6) is -1.65. The highest BCUT2D eigenvalue weighted by Gasteiger charge is 2.50. The molecule has 5 rings (SSSR count). The Kier molecular flexibility index (Phi) is 9.46. The number of hydrogen-bond donors (Lipinski definition) is 1. The summed E-state index contributed by atoms with van der Waals surface area (Å²) in [6.07, 6.45) is -1.11. The van der Waals surface area contributed by atoms with Crippen molar-refractivity contribution in [3.63, 3.8) is 0 Å². The van der Waals surface area contributed by atoms with Crippen molar-refractivity contribution < 1.29 is 38.0 Å². The Balaban J connectivity index is 1.42. The van der Waals surface area contributed by atoms with Crippen LogP contribution in [-0.2, 0) is 37.0 Å². The zero-order valence-electron chi connectivity index (χ0n) is 25.2. The van der Waals surface area contributed by atoms with Crippen LogP contribution in [0.25, 0.3) is 0 Å². The van der Waals surface area contributed by atoms with Crippen molar-refractivity contribution in [1.82, 2.24) is 9.97 Å². The van der Waals surface area contributed by atoms with Gasteiger partial charge in [0.25, 0.3) is 0 Å². The van der Waals surface area contributed by atoms with Gasteiger partial charge in [-0.05, 0) is 38.8 Å². The van der Waals surface area contributed by atoms with E-state index in [4.69, 9.17) is 33.2 Å². The van der Waals surface area contributed by atoms with Gasteiger partial charge < -0.3 is 38.5 Å². The van der Waals surface area contributed by atoms with Crippen LogP contribution < -0.4 is 19.5 Å². The lowest BCUT2D eigenvalue weighted by Crippen LogP contribution is -2.41. The normalized spacial score (nSPS) is 22.2. The molecule has 1 aromatic heterocycles. The number of ether oxygens (including phenoxy) is 7. The van der Waals surface area contributed by atoms with Gasteiger partial charge in [-0.2, -0.15) is 9.97 Å². The van der Waals surface area contributed by atoms with Crippen molar-refractivity contribution in [2.75, 3.05) is 18.5 Å². The van der Waals surface area contributed by atoms with Gasteiger partial charge in [0, 0.05) is 6.42 Å². The molecule has 1 amide bonds. The van der Waals surface area contributed by atoms with Gasteiger partial charge in [-0.25, -0.2) is 0 Å². The van der Waals surface area contributed by atoms with E-state index in [0.29, 0.717) is 6.61 Å². The van der Waals surface area contributed by atoms with E-state index in [1.54, 1.807) is 6.92 Å². The Morgan fingerprint density at radius 1 is 0.837 bits per heavy atom. The van der Waals surface area contributed by atoms with Gasteiger partial charge in [0.2, 0.25) is 17.7 Å². The second-order valence-corrected chi connectivity index (χ2v) is 11.3. The molecule has 0 spiro atoms. The summed E-state index contributed by atoms with van der Waals surface area (Å²) in [6.45, 7) is 9.96. The lowest BCUT2D eigenvalue weighted by Gasteiger charge is -2.24. The second kappa shape index (κ2) is 13.3. The molecule has 2 aliphatic heterocycles. The van der Waals surface area contributed by atoms with Crippen molar-refractivity contribution in [3.8, 4) is 17.8 Å². The Morgan fingerprint density at radius 3 is 2.02 bits per heavy atom. The van der Waals surface area contributed by atoms with Crippen LogP contribution in [0.5, 0.6) is 17.8 Å². The fourth-order valence-electron chi connectivity index (χ4n) is 4.80. The van der Waals surface area contributed by atoms with E-state index in [1.807, 2.05) is 88.4 Å². The zero-order valence-corrected chi connectivity index (χ0v) is 25.2. The minimum Gasteiger partial charge on any atom is -0.473 e. The van der Waals surface area contributed by atoms with Crippen LogP contribution in [0.3, 0.4) is 0 Å². The molecule has 0 unspecified atom stereocenters. The summed E-state index contributed by atoms with van der Waals surface area (Å²) in [6, 6.07) is 19.3. The second-order valence-electron chi connectivity index (χ2n) is 11.3. The topological polar surface area (TPSA) is 119 Å². The predicted octanol–water partition coefficient (Wildman–Crippen LogP) is 5.03. The predicted molar refractivity (Wildman–Crippen MR) is 157 cm³/mol. The molecule has 3 atom stereocenters. The van der Waals surface area contributed by atoms with Crippen LogP contribution in [0.15, 0.2) is 60.7 Å². The summed E-state index contributed by atoms with van der Waals surface area (Å²) in [7, 11) is 0. The van der Waals surface area contributed by atoms with Crippen molar-refractivity contribution in [3.05, 3.63) is 71.8 Å². The van der Waals surface area contributed by atoms with Crippen LogP contribution in [0.1, 0.15) is 52.2 Å². The maximum absolute atomic E-state index is 12.6. The first-order chi connectivity index (χ1) is 20.6. The van der Waals surface area contributed by atoms with Crippen LogP contribution in [-0.4, -0.2) is 59.0 Å². The SMILES string of the molecule is CCC(=O)Nc1c(OCc2ccccc2)nc(OCc2ccccc2)nc1OC[C@@H]1OC(C)(C)O[C@@H]1[C@H]1COC(C)(C)O1. The van der Waals surface area contributed by atoms with Gasteiger partial charge >= 0.3 is 6.01 Å². The number of nitrogens with zero attached hydrogens (tertiary/aromatic N) is 2. The third-order valence-corrected chi connectivity index (χ3v) is 6.84. The third kappa shape index (κ3) is 8.20. The van der Waals surface area contributed by atoms with Gasteiger partial charge in [0.05, 0.1) is 6.61 Å². The minimum atomic E-state index is -0.867. The van der Waals surface area contributed by atoms with Crippen molar-refractivity contribution in [2.45, 2.75) is 84.1 Å². The monoisotopic (exact) mass is 593 g/mol. The molecule has 0 aliphatic carbocycles. The van der Waals surface area contributed by atoms with Gasteiger partial charge in [-0.15, -0.1) is 0 Å². The standard InChI is InChI=1S/C32H39N3O8/c1-6-25(36)33-26-28(37-17-21-13-9-7-10-14-21)34-30(39-18-22-15-11-8-12-16-22)35-29(26)38-19-23-27(43-32(4,5)42-23)24-20-40-31(2,3)41-24/h7-16,23-24,27H,6,17-20H2,1-5H3,(H,33,36)/t23-,24+,27-/m0/s1. The van der Waals surface area contributed by atoms with E-state index in [1.165, 1.54) is 0 Å². The fourth-order valence-corrected chi connectivity index (χ4v) is 4.80. The van der Waals surface area contributed by atoms with Gasteiger partial charge in [0.15, 0.2) is 17.3 Å². The maximum Gasteiger partial charge on any atom is 0.323 e. The van der Waals surface area contributed by atoms with E-state index in [2.05, 4.69) is 15.3 Å². The van der Waals surface area contributed by atoms with Gasteiger partial charge in [-0.1, -0.05) is 67.6 Å². The first kappa shape index (κ1) is 30.7. The third-order valence-electron chi connectivity index (χ3n) is 6.84. The number of amides is 1. The molecule has 230 valence electrons. The number of anilines is 1. The number of rotatable bonds is 12. The quantitative estimate of drug-likeness (QED) is 0.306. The van der Waals surface area contributed by atoms with Crippen LogP contribution >= 0.6 is 0 Å². The molecule has 3 aromatic rings. The number of carbonyl (C=O) groups excluding carboxylic acids is 1. The summed E-state index contributed by atoms with van der Waals surface area (Å²) >= 11 is 0. The lowest BCUT2D eigenvalue weighted by molar-refractivity contribution is -0.174. The average Bonchev–Trinajstić information content (AvgIpc) is 3.52. The number of benzene rings is 2. The van der Waals surface area contributed by atoms with E-state index in [0.717, 1.165) is 11.1 Å². The molecule has 3 heterocycles. The fraction of sp³-hybridized carbons (Fsp3) is 0.469. The molecule has 2 fully saturated rings. The molecule has 2 saturated heterocycles. The number of aromatic nitrogens is 2. The van der Waals surface area contributed by atoms with Crippen molar-refractivity contribution in [1.29, 1.82) is 0 Å². The highest BCUT2D eigenvalue weighted by molar-refractivity contribution is 5.93. The first-order valence-corrected chi connectivity index (χ1v) is 14.5. The summed E-state index contributed by atoms with van der Waals surface area (Å²) in [5.41, 5.74) is 2.06. The highest BCUT2D eigenvalue weighted by Crippen LogP contribution is 2.38. The highest BCUT2D eigenvalue weighted by atomic mass is 16.8. The van der Waals surface area contributed by atoms with Gasteiger partial charge in [-0.3, -0.25) is 4.79 Å². The summed E-state index contributed by atoms with van der Waals surface area (Å²) in [5, 5.41) is 2.85. The van der Waals surface area contributed by atoms with E-state index in [-0.39, 0.29) is 61.7 Å². The Hall–Kier alpha value is -3.77. The van der Waals surface area contributed by atoms with Crippen LogP contribution in [0.2, 0.25) is 0 Å². The molecule has 0 saturated carbocycles. The lowest BCUT2D eigenvalue weighted by atomic mass is 10.1. The number of nitrogens with one attached hydrogen (secondary N) is 1. The Morgan fingerprint density at radius 2 is 1.44 bits per heavy atom. The molecule has 0 bridgehead atoms. The first-order valence-electron chi connectivity index (χ1n) is 14.5. The molecular formula is C32H39N3O8. The minimum absolute atomic E-state index is 0.0335. The molecule has 2 aliphatic rings. The molecule has 43 heavy (non-hydrogen) atoms. The number of hydrogen-bond acceptors (Lipinski definition) is 10. The van der Waals surface area contributed by atoms with Crippen molar-refractivity contribution >= 4 is 11.6 Å². The molecular weight excluding hydrogens is 554 g/mol. The molecule has 11 nitrogen and oxygen atoms in total.